The Balaban J connectivity index is 1.94. The zero-order chi connectivity index (χ0) is 17.3. The van der Waals surface area contributed by atoms with Crippen molar-refractivity contribution >= 4 is 15.7 Å². The van der Waals surface area contributed by atoms with Gasteiger partial charge in [0, 0.05) is 18.2 Å². The zero-order valence-electron chi connectivity index (χ0n) is 13.0. The predicted octanol–water partition coefficient (Wildman–Crippen LogP) is 2.86. The van der Waals surface area contributed by atoms with Crippen molar-refractivity contribution in [2.75, 3.05) is 4.72 Å². The molecule has 0 aliphatic carbocycles. The van der Waals surface area contributed by atoms with E-state index in [9.17, 15) is 13.5 Å². The number of aromatic nitrogens is 2. The second-order valence-corrected chi connectivity index (χ2v) is 6.95. The molecule has 3 aromatic rings. The first-order chi connectivity index (χ1) is 11.3. The smallest absolute Gasteiger partial charge is 0.265 e. The third-order valence-electron chi connectivity index (χ3n) is 3.31. The molecule has 0 unspecified atom stereocenters. The van der Waals surface area contributed by atoms with Crippen LogP contribution in [0.4, 0.5) is 5.69 Å². The molecule has 24 heavy (non-hydrogen) atoms. The number of hydrogen-bond acceptors (Lipinski definition) is 6. The van der Waals surface area contributed by atoms with E-state index >= 15 is 0 Å². The molecule has 0 atom stereocenters. The Bertz CT molecular complexity index is 996. The molecule has 0 bridgehead atoms. The third-order valence-corrected chi connectivity index (χ3v) is 4.72. The quantitative estimate of drug-likeness (QED) is 0.753. The van der Waals surface area contributed by atoms with Crippen molar-refractivity contribution in [1.82, 2.24) is 10.1 Å². The van der Waals surface area contributed by atoms with E-state index in [-0.39, 0.29) is 10.6 Å². The van der Waals surface area contributed by atoms with Gasteiger partial charge in [-0.05, 0) is 36.8 Å². The van der Waals surface area contributed by atoms with Gasteiger partial charge in [0.05, 0.1) is 0 Å². The minimum absolute atomic E-state index is 0.177. The van der Waals surface area contributed by atoms with Gasteiger partial charge in [-0.15, -0.1) is 0 Å². The molecule has 0 amide bonds. The Kier molecular flexibility index (Phi) is 3.98. The van der Waals surface area contributed by atoms with Crippen molar-refractivity contribution < 1.29 is 18.0 Å². The van der Waals surface area contributed by atoms with E-state index in [2.05, 4.69) is 14.9 Å². The number of phenolic OH excluding ortho intramolecular Hbond substituents is 1. The van der Waals surface area contributed by atoms with Crippen molar-refractivity contribution in [1.29, 1.82) is 0 Å². The Morgan fingerprint density at radius 3 is 2.62 bits per heavy atom. The molecule has 0 saturated carbocycles. The number of hydrogen-bond donors (Lipinski definition) is 2. The van der Waals surface area contributed by atoms with Crippen LogP contribution in [-0.2, 0) is 10.0 Å². The summed E-state index contributed by atoms with van der Waals surface area (Å²) in [6.07, 6.45) is 0. The van der Waals surface area contributed by atoms with Gasteiger partial charge in [0.15, 0.2) is 0 Å². The molecule has 0 aliphatic heterocycles. The number of phenols is 1. The number of nitrogens with zero attached hydrogens (tertiary/aromatic N) is 2. The summed E-state index contributed by atoms with van der Waals surface area (Å²) in [5.74, 6) is 0.477. The summed E-state index contributed by atoms with van der Waals surface area (Å²) in [4.78, 5) is 3.93. The summed E-state index contributed by atoms with van der Waals surface area (Å²) in [6.45, 7) is 3.42. The highest BCUT2D eigenvalue weighted by molar-refractivity contribution is 7.92. The molecule has 1 heterocycles. The minimum Gasteiger partial charge on any atom is -0.507 e. The van der Waals surface area contributed by atoms with Crippen molar-refractivity contribution in [2.45, 2.75) is 18.7 Å². The molecule has 0 aliphatic rings. The number of nitrogens with one attached hydrogen (secondary N) is 1. The van der Waals surface area contributed by atoms with Crippen LogP contribution < -0.4 is 4.72 Å². The molecule has 1 aromatic heterocycles. The lowest BCUT2D eigenvalue weighted by atomic mass is 10.2. The largest absolute Gasteiger partial charge is 0.507 e. The molecule has 3 rings (SSSR count). The van der Waals surface area contributed by atoms with Crippen LogP contribution in [-0.4, -0.2) is 23.7 Å². The van der Waals surface area contributed by atoms with E-state index < -0.39 is 10.0 Å². The Morgan fingerprint density at radius 1 is 1.12 bits per heavy atom. The molecule has 0 radical (unpaired) electrons. The van der Waals surface area contributed by atoms with E-state index in [4.69, 9.17) is 4.52 Å². The molecule has 124 valence electrons. The van der Waals surface area contributed by atoms with Crippen molar-refractivity contribution in [2.24, 2.45) is 0 Å². The summed E-state index contributed by atoms with van der Waals surface area (Å²) < 4.78 is 32.4. The molecular formula is C16H15N3O4S. The second kappa shape index (κ2) is 5.97. The molecular weight excluding hydrogens is 330 g/mol. The van der Waals surface area contributed by atoms with Gasteiger partial charge in [-0.1, -0.05) is 23.4 Å². The first-order valence-corrected chi connectivity index (χ1v) is 8.57. The fourth-order valence-electron chi connectivity index (χ4n) is 2.18. The summed E-state index contributed by atoms with van der Waals surface area (Å²) in [5.41, 5.74) is 1.67. The van der Waals surface area contributed by atoms with E-state index in [1.165, 1.54) is 12.1 Å². The lowest BCUT2D eigenvalue weighted by molar-refractivity contribution is 0.394. The number of sulfonamides is 1. The van der Waals surface area contributed by atoms with Crippen LogP contribution in [0.15, 0.2) is 51.9 Å². The zero-order valence-corrected chi connectivity index (χ0v) is 13.8. The fourth-order valence-corrected chi connectivity index (χ4v) is 3.42. The van der Waals surface area contributed by atoms with Crippen LogP contribution in [0.25, 0.3) is 11.4 Å². The average Bonchev–Trinajstić information content (AvgIpc) is 2.96. The lowest BCUT2D eigenvalue weighted by Crippen LogP contribution is -2.13. The van der Waals surface area contributed by atoms with Gasteiger partial charge in [0.2, 0.25) is 11.7 Å². The van der Waals surface area contributed by atoms with Crippen LogP contribution >= 0.6 is 0 Å². The molecule has 0 fully saturated rings. The third kappa shape index (κ3) is 3.23. The Labute approximate surface area is 139 Å². The summed E-state index contributed by atoms with van der Waals surface area (Å²) in [5, 5.41) is 13.6. The van der Waals surface area contributed by atoms with Crippen LogP contribution in [0.1, 0.15) is 11.5 Å². The highest BCUT2D eigenvalue weighted by atomic mass is 32.2. The van der Waals surface area contributed by atoms with Crippen molar-refractivity contribution in [3.63, 3.8) is 0 Å². The van der Waals surface area contributed by atoms with Gasteiger partial charge in [0.1, 0.15) is 10.6 Å². The molecule has 0 spiro atoms. The van der Waals surface area contributed by atoms with E-state index in [0.29, 0.717) is 23.0 Å². The molecule has 0 saturated heterocycles. The van der Waals surface area contributed by atoms with Gasteiger partial charge in [0.25, 0.3) is 10.0 Å². The number of anilines is 1. The second-order valence-electron chi connectivity index (χ2n) is 5.29. The Hall–Kier alpha value is -2.87. The topological polar surface area (TPSA) is 105 Å². The first kappa shape index (κ1) is 16.0. The normalized spacial score (nSPS) is 11.4. The monoisotopic (exact) mass is 345 g/mol. The molecule has 7 nitrogen and oxygen atoms in total. The number of benzene rings is 2. The van der Waals surface area contributed by atoms with E-state index in [1.54, 1.807) is 44.2 Å². The van der Waals surface area contributed by atoms with Crippen LogP contribution in [0, 0.1) is 13.8 Å². The summed E-state index contributed by atoms with van der Waals surface area (Å²) in [6, 6.07) is 11.0. The maximum Gasteiger partial charge on any atom is 0.265 e. The van der Waals surface area contributed by atoms with E-state index in [0.717, 1.165) is 5.56 Å². The average molecular weight is 345 g/mol. The van der Waals surface area contributed by atoms with Crippen molar-refractivity contribution in [3.05, 3.63) is 53.9 Å². The van der Waals surface area contributed by atoms with Gasteiger partial charge in [-0.3, -0.25) is 4.72 Å². The maximum atomic E-state index is 12.5. The fraction of sp³-hybridized carbons (Fsp3) is 0.125. The number of aromatic hydroxyl groups is 1. The summed E-state index contributed by atoms with van der Waals surface area (Å²) >= 11 is 0. The van der Waals surface area contributed by atoms with Crippen LogP contribution in [0.5, 0.6) is 5.75 Å². The molecule has 2 aromatic carbocycles. The van der Waals surface area contributed by atoms with Gasteiger partial charge in [-0.25, -0.2) is 8.42 Å². The Morgan fingerprint density at radius 2 is 1.92 bits per heavy atom. The number of rotatable bonds is 4. The van der Waals surface area contributed by atoms with Crippen LogP contribution in [0.3, 0.4) is 0 Å². The highest BCUT2D eigenvalue weighted by Gasteiger charge is 2.19. The number of aryl methyl sites for hydroxylation is 2. The summed E-state index contributed by atoms with van der Waals surface area (Å²) in [7, 11) is -3.92. The van der Waals surface area contributed by atoms with Gasteiger partial charge >= 0.3 is 0 Å². The molecule has 2 N–H and O–H groups in total. The van der Waals surface area contributed by atoms with Crippen LogP contribution in [0.2, 0.25) is 0 Å². The standard InChI is InChI=1S/C16H15N3O4S/c1-10-6-7-14(20)15(8-10)24(21,22)19-13-5-3-4-12(9-13)16-17-11(2)23-18-16/h3-9,19-20H,1-2H3. The minimum atomic E-state index is -3.92. The van der Waals surface area contributed by atoms with E-state index in [1.807, 2.05) is 0 Å². The maximum absolute atomic E-state index is 12.5. The van der Waals surface area contributed by atoms with Gasteiger partial charge in [-0.2, -0.15) is 4.98 Å². The molecule has 8 heteroatoms. The predicted molar refractivity (Wildman–Crippen MR) is 88.1 cm³/mol. The first-order valence-electron chi connectivity index (χ1n) is 7.08. The SMILES string of the molecule is Cc1ccc(O)c(S(=O)(=O)Nc2cccc(-c3noc(C)n3)c2)c1. The highest BCUT2D eigenvalue weighted by Crippen LogP contribution is 2.27. The van der Waals surface area contributed by atoms with Crippen molar-refractivity contribution in [3.8, 4) is 17.1 Å². The lowest BCUT2D eigenvalue weighted by Gasteiger charge is -2.10. The van der Waals surface area contributed by atoms with Gasteiger partial charge < -0.3 is 9.63 Å².